The number of para-hydroxylation sites is 1. The fraction of sp³-hybridized carbons (Fsp3) is 0. The third kappa shape index (κ3) is 3.09. The normalized spacial score (nSPS) is 10.7. The van der Waals surface area contributed by atoms with Gasteiger partial charge in [-0.05, 0) is 46.7 Å². The molecule has 0 bridgehead atoms. The second-order valence-corrected chi connectivity index (χ2v) is 6.44. The molecule has 5 heteroatoms. The molecule has 2 aromatic carbocycles. The van der Waals surface area contributed by atoms with Gasteiger partial charge in [0.25, 0.3) is 0 Å². The molecule has 25 heavy (non-hydrogen) atoms. The Bertz CT molecular complexity index is 1110. The van der Waals surface area contributed by atoms with Crippen molar-refractivity contribution in [3.63, 3.8) is 0 Å². The third-order valence-corrected chi connectivity index (χ3v) is 4.70. The molecule has 0 aliphatic heterocycles. The highest BCUT2D eigenvalue weighted by Gasteiger charge is 2.13. The maximum atomic E-state index is 12.3. The molecule has 0 spiro atoms. The summed E-state index contributed by atoms with van der Waals surface area (Å²) in [6, 6.07) is 19.9. The Hall–Kier alpha value is -3.18. The van der Waals surface area contributed by atoms with E-state index in [1.54, 1.807) is 18.2 Å². The molecule has 0 unspecified atom stereocenters. The zero-order chi connectivity index (χ0) is 17.2. The summed E-state index contributed by atoms with van der Waals surface area (Å²) in [5, 5.41) is 2.75. The van der Waals surface area contributed by atoms with E-state index in [2.05, 4.69) is 4.98 Å². The highest BCUT2D eigenvalue weighted by Crippen LogP contribution is 2.32. The first-order valence-corrected chi connectivity index (χ1v) is 8.57. The van der Waals surface area contributed by atoms with E-state index in [9.17, 15) is 9.59 Å². The van der Waals surface area contributed by atoms with Crippen molar-refractivity contribution in [3.05, 3.63) is 87.3 Å². The number of aromatic nitrogens is 1. The molecule has 0 radical (unpaired) electrons. The van der Waals surface area contributed by atoms with Crippen LogP contribution in [0.3, 0.4) is 0 Å². The van der Waals surface area contributed by atoms with Gasteiger partial charge in [-0.2, -0.15) is 0 Å². The molecule has 2 heterocycles. The van der Waals surface area contributed by atoms with Crippen LogP contribution in [0, 0.1) is 0 Å². The zero-order valence-electron chi connectivity index (χ0n) is 13.1. The Labute approximate surface area is 147 Å². The standard InChI is InChI=1S/C20H13NO3S/c22-19-10-8-14-12-13(7-9-16(14)21-19)15-4-1-2-5-17(15)24-20(23)18-6-3-11-25-18/h1-12H,(H,21,22). The summed E-state index contributed by atoms with van der Waals surface area (Å²) in [6.45, 7) is 0. The van der Waals surface area contributed by atoms with Gasteiger partial charge in [0, 0.05) is 17.1 Å². The van der Waals surface area contributed by atoms with E-state index in [0.717, 1.165) is 22.0 Å². The van der Waals surface area contributed by atoms with Crippen LogP contribution >= 0.6 is 11.3 Å². The van der Waals surface area contributed by atoms with E-state index >= 15 is 0 Å². The summed E-state index contributed by atoms with van der Waals surface area (Å²) >= 11 is 1.35. The Balaban J connectivity index is 1.74. The van der Waals surface area contributed by atoms with Gasteiger partial charge >= 0.3 is 5.97 Å². The van der Waals surface area contributed by atoms with E-state index < -0.39 is 0 Å². The minimum absolute atomic E-state index is 0.134. The smallest absolute Gasteiger partial charge is 0.353 e. The molecule has 4 rings (SSSR count). The molecule has 0 atom stereocenters. The van der Waals surface area contributed by atoms with Gasteiger partial charge in [0.2, 0.25) is 5.56 Å². The van der Waals surface area contributed by atoms with Crippen molar-refractivity contribution >= 4 is 28.2 Å². The number of aromatic amines is 1. The summed E-state index contributed by atoms with van der Waals surface area (Å²) in [7, 11) is 0. The minimum atomic E-state index is -0.368. The van der Waals surface area contributed by atoms with Gasteiger partial charge in [-0.3, -0.25) is 4.79 Å². The molecule has 0 aliphatic carbocycles. The van der Waals surface area contributed by atoms with Crippen molar-refractivity contribution in [1.29, 1.82) is 0 Å². The number of ether oxygens (including phenoxy) is 1. The quantitative estimate of drug-likeness (QED) is 0.439. The minimum Gasteiger partial charge on any atom is -0.422 e. The third-order valence-electron chi connectivity index (χ3n) is 3.85. The monoisotopic (exact) mass is 347 g/mol. The predicted molar refractivity (Wildman–Crippen MR) is 99.3 cm³/mol. The van der Waals surface area contributed by atoms with E-state index in [0.29, 0.717) is 10.6 Å². The van der Waals surface area contributed by atoms with Crippen LogP contribution in [0.25, 0.3) is 22.0 Å². The van der Waals surface area contributed by atoms with E-state index in [1.807, 2.05) is 47.8 Å². The lowest BCUT2D eigenvalue weighted by molar-refractivity contribution is 0.0740. The molecule has 0 saturated carbocycles. The number of hydrogen-bond donors (Lipinski definition) is 1. The molecule has 0 fully saturated rings. The first-order chi connectivity index (χ1) is 12.2. The number of thiophene rings is 1. The van der Waals surface area contributed by atoms with Crippen molar-refractivity contribution in [1.82, 2.24) is 4.98 Å². The molecule has 0 amide bonds. The van der Waals surface area contributed by atoms with Crippen LogP contribution in [-0.4, -0.2) is 11.0 Å². The number of benzene rings is 2. The second-order valence-electron chi connectivity index (χ2n) is 5.49. The molecular weight excluding hydrogens is 334 g/mol. The van der Waals surface area contributed by atoms with Crippen molar-refractivity contribution in [2.45, 2.75) is 0 Å². The SMILES string of the molecule is O=C(Oc1ccccc1-c1ccc2[nH]c(=O)ccc2c1)c1cccs1. The first-order valence-electron chi connectivity index (χ1n) is 7.69. The number of pyridine rings is 1. The molecular formula is C20H13NO3S. The maximum Gasteiger partial charge on any atom is 0.353 e. The Kier molecular flexibility index (Phi) is 3.91. The van der Waals surface area contributed by atoms with E-state index in [4.69, 9.17) is 4.74 Å². The summed E-state index contributed by atoms with van der Waals surface area (Å²) in [5.74, 6) is 0.136. The van der Waals surface area contributed by atoms with Crippen LogP contribution in [0.5, 0.6) is 5.75 Å². The Morgan fingerprint density at radius 1 is 0.960 bits per heavy atom. The lowest BCUT2D eigenvalue weighted by Gasteiger charge is -2.10. The van der Waals surface area contributed by atoms with Crippen LogP contribution < -0.4 is 10.3 Å². The molecule has 4 nitrogen and oxygen atoms in total. The van der Waals surface area contributed by atoms with Gasteiger partial charge < -0.3 is 9.72 Å². The predicted octanol–water partition coefficient (Wildman–Crippen LogP) is 4.48. The van der Waals surface area contributed by atoms with Gasteiger partial charge in [-0.1, -0.05) is 30.3 Å². The van der Waals surface area contributed by atoms with Crippen molar-refractivity contribution in [3.8, 4) is 16.9 Å². The molecule has 1 N–H and O–H groups in total. The zero-order valence-corrected chi connectivity index (χ0v) is 13.9. The van der Waals surface area contributed by atoms with Gasteiger partial charge in [-0.15, -0.1) is 11.3 Å². The lowest BCUT2D eigenvalue weighted by Crippen LogP contribution is -2.07. The summed E-state index contributed by atoms with van der Waals surface area (Å²) < 4.78 is 5.59. The van der Waals surface area contributed by atoms with Crippen LogP contribution in [0.1, 0.15) is 9.67 Å². The summed E-state index contributed by atoms with van der Waals surface area (Å²) in [5.41, 5.74) is 2.37. The average molecular weight is 347 g/mol. The number of rotatable bonds is 3. The van der Waals surface area contributed by atoms with Crippen LogP contribution in [-0.2, 0) is 0 Å². The molecule has 0 aliphatic rings. The number of fused-ring (bicyclic) bond motifs is 1. The van der Waals surface area contributed by atoms with Crippen molar-refractivity contribution in [2.75, 3.05) is 0 Å². The van der Waals surface area contributed by atoms with Crippen molar-refractivity contribution in [2.24, 2.45) is 0 Å². The van der Waals surface area contributed by atoms with Crippen molar-refractivity contribution < 1.29 is 9.53 Å². The highest BCUT2D eigenvalue weighted by molar-refractivity contribution is 7.12. The molecule has 122 valence electrons. The van der Waals surface area contributed by atoms with E-state index in [-0.39, 0.29) is 11.5 Å². The van der Waals surface area contributed by atoms with Gasteiger partial charge in [-0.25, -0.2) is 4.79 Å². The lowest BCUT2D eigenvalue weighted by atomic mass is 10.0. The number of nitrogens with one attached hydrogen (secondary N) is 1. The number of H-pyrrole nitrogens is 1. The number of esters is 1. The largest absolute Gasteiger partial charge is 0.422 e. The summed E-state index contributed by atoms with van der Waals surface area (Å²) in [6.07, 6.45) is 0. The fourth-order valence-corrected chi connectivity index (χ4v) is 3.26. The molecule has 2 aromatic heterocycles. The Morgan fingerprint density at radius 3 is 2.68 bits per heavy atom. The maximum absolute atomic E-state index is 12.3. The highest BCUT2D eigenvalue weighted by atomic mass is 32.1. The number of carbonyl (C=O) groups is 1. The van der Waals surface area contributed by atoms with Gasteiger partial charge in [0.1, 0.15) is 10.6 Å². The molecule has 0 saturated heterocycles. The average Bonchev–Trinajstić information content (AvgIpc) is 3.16. The second kappa shape index (κ2) is 6.37. The van der Waals surface area contributed by atoms with Gasteiger partial charge in [0.05, 0.1) is 0 Å². The fourth-order valence-electron chi connectivity index (χ4n) is 2.66. The number of hydrogen-bond acceptors (Lipinski definition) is 4. The topological polar surface area (TPSA) is 59.2 Å². The van der Waals surface area contributed by atoms with Crippen LogP contribution in [0.15, 0.2) is 76.9 Å². The summed E-state index contributed by atoms with van der Waals surface area (Å²) in [4.78, 5) is 27.0. The van der Waals surface area contributed by atoms with Gasteiger partial charge in [0.15, 0.2) is 0 Å². The Morgan fingerprint density at radius 2 is 1.84 bits per heavy atom. The molecule has 4 aromatic rings. The number of carbonyl (C=O) groups excluding carboxylic acids is 1. The first kappa shape index (κ1) is 15.4. The van der Waals surface area contributed by atoms with E-state index in [1.165, 1.54) is 17.4 Å². The van der Waals surface area contributed by atoms with Crippen LogP contribution in [0.4, 0.5) is 0 Å². The van der Waals surface area contributed by atoms with Crippen LogP contribution in [0.2, 0.25) is 0 Å².